The number of aryl methyl sites for hydroxylation is 1. The van der Waals surface area contributed by atoms with Crippen molar-refractivity contribution in [1.82, 2.24) is 16.2 Å². The fraction of sp³-hybridized carbons (Fsp3) is 0.250. The van der Waals surface area contributed by atoms with Crippen molar-refractivity contribution in [1.29, 1.82) is 0 Å². The van der Waals surface area contributed by atoms with Gasteiger partial charge in [0.1, 0.15) is 11.5 Å². The number of ether oxygens (including phenoxy) is 2. The Morgan fingerprint density at radius 1 is 1.14 bits per heavy atom. The van der Waals surface area contributed by atoms with Gasteiger partial charge in [0.15, 0.2) is 11.7 Å². The SMILES string of the molecule is Cc1cc(Cl)ccc1OCC(=O)NNC(=S)NC(=O)c1cccc(OC(C)C)c1. The summed E-state index contributed by atoms with van der Waals surface area (Å²) in [6, 6.07) is 11.8. The number of hydrazine groups is 1. The average Bonchev–Trinajstić information content (AvgIpc) is 2.65. The number of carbonyl (C=O) groups excluding carboxylic acids is 2. The summed E-state index contributed by atoms with van der Waals surface area (Å²) < 4.78 is 11.0. The Labute approximate surface area is 179 Å². The van der Waals surface area contributed by atoms with Crippen LogP contribution in [-0.2, 0) is 4.79 Å². The minimum atomic E-state index is -0.469. The molecule has 29 heavy (non-hydrogen) atoms. The van der Waals surface area contributed by atoms with Gasteiger partial charge in [-0.15, -0.1) is 0 Å². The Balaban J connectivity index is 1.78. The first kappa shape index (κ1) is 22.4. The third-order valence-corrected chi connectivity index (χ3v) is 3.95. The van der Waals surface area contributed by atoms with Gasteiger partial charge in [-0.1, -0.05) is 17.7 Å². The molecule has 0 aliphatic heterocycles. The molecule has 0 aromatic heterocycles. The van der Waals surface area contributed by atoms with E-state index in [4.69, 9.17) is 33.3 Å². The normalized spacial score (nSPS) is 10.2. The van der Waals surface area contributed by atoms with Crippen molar-refractivity contribution in [2.24, 2.45) is 0 Å². The number of amides is 2. The van der Waals surface area contributed by atoms with Gasteiger partial charge in [-0.3, -0.25) is 25.8 Å². The molecule has 7 nitrogen and oxygen atoms in total. The maximum Gasteiger partial charge on any atom is 0.276 e. The fourth-order valence-electron chi connectivity index (χ4n) is 2.27. The first-order valence-electron chi connectivity index (χ1n) is 8.80. The summed E-state index contributed by atoms with van der Waals surface area (Å²) in [5, 5.41) is 3.01. The van der Waals surface area contributed by atoms with Crippen molar-refractivity contribution < 1.29 is 19.1 Å². The molecule has 0 spiro atoms. The minimum Gasteiger partial charge on any atom is -0.491 e. The largest absolute Gasteiger partial charge is 0.491 e. The summed E-state index contributed by atoms with van der Waals surface area (Å²) in [6.45, 7) is 5.38. The number of benzene rings is 2. The Kier molecular flexibility index (Phi) is 8.23. The van der Waals surface area contributed by atoms with Gasteiger partial charge in [-0.2, -0.15) is 0 Å². The molecule has 0 radical (unpaired) electrons. The van der Waals surface area contributed by atoms with Crippen LogP contribution in [0.25, 0.3) is 0 Å². The highest BCUT2D eigenvalue weighted by Crippen LogP contribution is 2.21. The van der Waals surface area contributed by atoms with Gasteiger partial charge in [0.05, 0.1) is 6.10 Å². The number of hydrogen-bond donors (Lipinski definition) is 3. The molecule has 0 saturated carbocycles. The molecule has 2 amide bonds. The molecule has 3 N–H and O–H groups in total. The van der Waals surface area contributed by atoms with Crippen LogP contribution in [0.5, 0.6) is 11.5 Å². The summed E-state index contributed by atoms with van der Waals surface area (Å²) in [5.74, 6) is 0.223. The number of rotatable bonds is 6. The second-order valence-corrected chi connectivity index (χ2v) is 7.19. The van der Waals surface area contributed by atoms with E-state index in [-0.39, 0.29) is 17.8 Å². The molecule has 0 aliphatic rings. The van der Waals surface area contributed by atoms with E-state index in [1.165, 1.54) is 0 Å². The van der Waals surface area contributed by atoms with Crippen LogP contribution in [0, 0.1) is 6.92 Å². The maximum absolute atomic E-state index is 12.3. The molecule has 0 heterocycles. The second kappa shape index (κ2) is 10.6. The highest BCUT2D eigenvalue weighted by molar-refractivity contribution is 7.80. The van der Waals surface area contributed by atoms with E-state index in [2.05, 4.69) is 16.2 Å². The van der Waals surface area contributed by atoms with Crippen molar-refractivity contribution >= 4 is 40.7 Å². The molecule has 9 heteroatoms. The van der Waals surface area contributed by atoms with E-state index < -0.39 is 11.8 Å². The van der Waals surface area contributed by atoms with E-state index in [1.54, 1.807) is 42.5 Å². The van der Waals surface area contributed by atoms with Gasteiger partial charge in [0, 0.05) is 10.6 Å². The lowest BCUT2D eigenvalue weighted by atomic mass is 10.2. The van der Waals surface area contributed by atoms with E-state index >= 15 is 0 Å². The van der Waals surface area contributed by atoms with Crippen molar-refractivity contribution in [2.75, 3.05) is 6.61 Å². The monoisotopic (exact) mass is 435 g/mol. The molecule has 2 aromatic rings. The smallest absolute Gasteiger partial charge is 0.276 e. The highest BCUT2D eigenvalue weighted by Gasteiger charge is 2.11. The number of nitrogens with one attached hydrogen (secondary N) is 3. The van der Waals surface area contributed by atoms with Crippen molar-refractivity contribution in [3.63, 3.8) is 0 Å². The summed E-state index contributed by atoms with van der Waals surface area (Å²) in [4.78, 5) is 24.2. The lowest BCUT2D eigenvalue weighted by Crippen LogP contribution is -2.49. The van der Waals surface area contributed by atoms with Crippen LogP contribution in [-0.4, -0.2) is 29.6 Å². The summed E-state index contributed by atoms with van der Waals surface area (Å²) >= 11 is 10.9. The Hall–Kier alpha value is -2.84. The van der Waals surface area contributed by atoms with Crippen molar-refractivity contribution in [2.45, 2.75) is 26.9 Å². The van der Waals surface area contributed by atoms with Crippen LogP contribution in [0.1, 0.15) is 29.8 Å². The number of thiocarbonyl (C=S) groups is 1. The Morgan fingerprint density at radius 2 is 1.90 bits per heavy atom. The predicted molar refractivity (Wildman–Crippen MR) is 115 cm³/mol. The second-order valence-electron chi connectivity index (χ2n) is 6.35. The number of hydrogen-bond acceptors (Lipinski definition) is 5. The topological polar surface area (TPSA) is 88.7 Å². The molecule has 154 valence electrons. The minimum absolute atomic E-state index is 0.00912. The van der Waals surface area contributed by atoms with Crippen LogP contribution in [0.15, 0.2) is 42.5 Å². The molecule has 2 rings (SSSR count). The summed E-state index contributed by atoms with van der Waals surface area (Å²) in [7, 11) is 0. The first-order valence-corrected chi connectivity index (χ1v) is 9.59. The van der Waals surface area contributed by atoms with Gasteiger partial charge in [-0.25, -0.2) is 0 Å². The van der Waals surface area contributed by atoms with Crippen LogP contribution in [0.3, 0.4) is 0 Å². The standard InChI is InChI=1S/C20H22ClN3O4S/c1-12(2)28-16-6-4-5-14(10-16)19(26)22-20(29)24-23-18(25)11-27-17-8-7-15(21)9-13(17)3/h4-10,12H,11H2,1-3H3,(H,23,25)(H2,22,24,26,29). The third-order valence-electron chi connectivity index (χ3n) is 3.51. The quantitative estimate of drug-likeness (QED) is 0.477. The third kappa shape index (κ3) is 7.59. The number of carbonyl (C=O) groups is 2. The van der Waals surface area contributed by atoms with Crippen LogP contribution in [0.2, 0.25) is 5.02 Å². The molecule has 0 aliphatic carbocycles. The maximum atomic E-state index is 12.3. The molecular weight excluding hydrogens is 414 g/mol. The zero-order valence-electron chi connectivity index (χ0n) is 16.2. The predicted octanol–water partition coefficient (Wildman–Crippen LogP) is 3.15. The lowest BCUT2D eigenvalue weighted by Gasteiger charge is -2.13. The van der Waals surface area contributed by atoms with Gasteiger partial charge < -0.3 is 9.47 Å². The molecule has 2 aromatic carbocycles. The van der Waals surface area contributed by atoms with E-state index in [0.29, 0.717) is 22.1 Å². The Morgan fingerprint density at radius 3 is 2.59 bits per heavy atom. The summed E-state index contributed by atoms with van der Waals surface area (Å²) in [5.41, 5.74) is 6.00. The van der Waals surface area contributed by atoms with E-state index in [1.807, 2.05) is 20.8 Å². The molecule has 0 atom stereocenters. The molecular formula is C20H22ClN3O4S. The van der Waals surface area contributed by atoms with Crippen LogP contribution < -0.4 is 25.6 Å². The zero-order valence-corrected chi connectivity index (χ0v) is 17.8. The van der Waals surface area contributed by atoms with Gasteiger partial charge in [0.2, 0.25) is 0 Å². The van der Waals surface area contributed by atoms with E-state index in [0.717, 1.165) is 5.56 Å². The lowest BCUT2D eigenvalue weighted by molar-refractivity contribution is -0.123. The first-order chi connectivity index (χ1) is 13.7. The van der Waals surface area contributed by atoms with Gasteiger partial charge in [0.25, 0.3) is 11.8 Å². The van der Waals surface area contributed by atoms with Crippen LogP contribution in [0.4, 0.5) is 0 Å². The van der Waals surface area contributed by atoms with Gasteiger partial charge in [-0.05, 0) is 75.0 Å². The molecule has 0 unspecified atom stereocenters. The molecule has 0 bridgehead atoms. The van der Waals surface area contributed by atoms with Crippen molar-refractivity contribution in [3.05, 3.63) is 58.6 Å². The molecule has 0 fully saturated rings. The summed E-state index contributed by atoms with van der Waals surface area (Å²) in [6.07, 6.45) is -0.00912. The highest BCUT2D eigenvalue weighted by atomic mass is 35.5. The number of halogens is 1. The zero-order chi connectivity index (χ0) is 21.4. The average molecular weight is 436 g/mol. The van der Waals surface area contributed by atoms with Crippen LogP contribution >= 0.6 is 23.8 Å². The van der Waals surface area contributed by atoms with E-state index in [9.17, 15) is 9.59 Å². The van der Waals surface area contributed by atoms with Crippen molar-refractivity contribution in [3.8, 4) is 11.5 Å². The van der Waals surface area contributed by atoms with Gasteiger partial charge >= 0.3 is 0 Å². The molecule has 0 saturated heterocycles. The Bertz CT molecular complexity index is 905. The fourth-order valence-corrected chi connectivity index (χ4v) is 2.64.